The molecule has 0 radical (unpaired) electrons. The highest BCUT2D eigenvalue weighted by Crippen LogP contribution is 2.19. The van der Waals surface area contributed by atoms with Crippen molar-refractivity contribution >= 4 is 23.6 Å². The largest absolute Gasteiger partial charge is 0.478 e. The molecule has 0 spiro atoms. The fraction of sp³-hybridized carbons (Fsp3) is 0.636. The summed E-state index contributed by atoms with van der Waals surface area (Å²) in [5.41, 5.74) is 0.337. The molecule has 2 N–H and O–H groups in total. The van der Waals surface area contributed by atoms with E-state index in [4.69, 9.17) is 5.11 Å². The number of amides is 1. The van der Waals surface area contributed by atoms with E-state index in [1.54, 1.807) is 11.8 Å². The van der Waals surface area contributed by atoms with Crippen LogP contribution >= 0.6 is 11.8 Å². The molecule has 0 aromatic carbocycles. The minimum absolute atomic E-state index is 0.0485. The van der Waals surface area contributed by atoms with Crippen molar-refractivity contribution in [3.63, 3.8) is 0 Å². The molecule has 0 atom stereocenters. The molecule has 0 saturated heterocycles. The van der Waals surface area contributed by atoms with Gasteiger partial charge in [0.1, 0.15) is 0 Å². The highest BCUT2D eigenvalue weighted by atomic mass is 32.2. The van der Waals surface area contributed by atoms with Crippen molar-refractivity contribution < 1.29 is 14.7 Å². The first-order valence-electron chi connectivity index (χ1n) is 4.95. The second-order valence-electron chi connectivity index (χ2n) is 4.20. The van der Waals surface area contributed by atoms with Crippen molar-refractivity contribution in [1.29, 1.82) is 0 Å². The smallest absolute Gasteiger partial charge is 0.331 e. The Morgan fingerprint density at radius 3 is 2.12 bits per heavy atom. The minimum atomic E-state index is -1.06. The summed E-state index contributed by atoms with van der Waals surface area (Å²) < 4.78 is -0.0485. The molecular weight excluding hydrogens is 226 g/mol. The van der Waals surface area contributed by atoms with E-state index in [0.717, 1.165) is 0 Å². The average Bonchev–Trinajstić information content (AvgIpc) is 2.23. The van der Waals surface area contributed by atoms with Crippen molar-refractivity contribution in [2.75, 3.05) is 12.8 Å². The summed E-state index contributed by atoms with van der Waals surface area (Å²) >= 11 is 1.65. The maximum atomic E-state index is 11.6. The number of carbonyl (C=O) groups excluding carboxylic acids is 1. The van der Waals surface area contributed by atoms with Crippen LogP contribution in [-0.4, -0.2) is 34.5 Å². The maximum Gasteiger partial charge on any atom is 0.331 e. The van der Waals surface area contributed by atoms with Gasteiger partial charge in [-0.05, 0) is 34.0 Å². The monoisotopic (exact) mass is 245 g/mol. The summed E-state index contributed by atoms with van der Waals surface area (Å²) in [6, 6.07) is 0. The lowest BCUT2D eigenvalue weighted by Crippen LogP contribution is -2.36. The van der Waals surface area contributed by atoms with Gasteiger partial charge in [-0.1, -0.05) is 0 Å². The first kappa shape index (κ1) is 15.0. The van der Waals surface area contributed by atoms with Gasteiger partial charge in [0.25, 0.3) is 0 Å². The van der Waals surface area contributed by atoms with E-state index in [2.05, 4.69) is 5.32 Å². The van der Waals surface area contributed by atoms with Crippen LogP contribution < -0.4 is 5.32 Å². The molecule has 0 fully saturated rings. The van der Waals surface area contributed by atoms with Gasteiger partial charge in [0.15, 0.2) is 0 Å². The summed E-state index contributed by atoms with van der Waals surface area (Å²) in [6.07, 6.45) is 1.97. The van der Waals surface area contributed by atoms with Crippen molar-refractivity contribution in [2.45, 2.75) is 32.4 Å². The predicted octanol–water partition coefficient (Wildman–Crippen LogP) is 1.67. The Kier molecular flexibility index (Phi) is 5.58. The lowest BCUT2D eigenvalue weighted by atomic mass is 10.1. The van der Waals surface area contributed by atoms with Crippen molar-refractivity contribution in [2.24, 2.45) is 0 Å². The molecule has 0 aromatic heterocycles. The van der Waals surface area contributed by atoms with E-state index in [1.165, 1.54) is 13.8 Å². The second-order valence-corrected chi connectivity index (χ2v) is 5.72. The normalized spacial score (nSPS) is 13.1. The lowest BCUT2D eigenvalue weighted by molar-refractivity contribution is -0.133. The highest BCUT2D eigenvalue weighted by Gasteiger charge is 2.18. The molecule has 16 heavy (non-hydrogen) atoms. The zero-order chi connectivity index (χ0) is 12.9. The van der Waals surface area contributed by atoms with Crippen LogP contribution in [0.5, 0.6) is 0 Å². The van der Waals surface area contributed by atoms with E-state index >= 15 is 0 Å². The summed E-state index contributed by atoms with van der Waals surface area (Å²) in [6.45, 7) is 7.49. The first-order chi connectivity index (χ1) is 7.21. The molecule has 0 saturated carbocycles. The van der Waals surface area contributed by atoms with Gasteiger partial charge in [-0.3, -0.25) is 4.79 Å². The lowest BCUT2D eigenvalue weighted by Gasteiger charge is -2.22. The molecule has 4 nitrogen and oxygen atoms in total. The Labute approximate surface area is 100 Å². The van der Waals surface area contributed by atoms with E-state index in [-0.39, 0.29) is 21.8 Å². The number of carboxylic acid groups (broad SMARTS) is 1. The van der Waals surface area contributed by atoms with E-state index in [1.807, 2.05) is 20.1 Å². The zero-order valence-electron chi connectivity index (χ0n) is 10.4. The SMILES string of the molecule is CSC(C)(C)CNC(=O)C(C)=C(C)C(=O)O. The van der Waals surface area contributed by atoms with Crippen LogP contribution in [0.3, 0.4) is 0 Å². The van der Waals surface area contributed by atoms with Crippen LogP contribution in [0, 0.1) is 0 Å². The van der Waals surface area contributed by atoms with Gasteiger partial charge in [0, 0.05) is 22.4 Å². The summed E-state index contributed by atoms with van der Waals surface area (Å²) in [4.78, 5) is 22.3. The Hall–Kier alpha value is -0.970. The standard InChI is InChI=1S/C11H19NO3S/c1-7(8(2)10(14)15)9(13)12-6-11(3,4)16-5/h6H2,1-5H3,(H,12,13)(H,14,15). The van der Waals surface area contributed by atoms with Gasteiger partial charge in [0.05, 0.1) is 0 Å². The Bertz CT molecular complexity index is 321. The average molecular weight is 245 g/mol. The molecular formula is C11H19NO3S. The molecule has 0 aliphatic heterocycles. The molecule has 0 aliphatic carbocycles. The first-order valence-corrected chi connectivity index (χ1v) is 6.18. The third kappa shape index (κ3) is 4.70. The minimum Gasteiger partial charge on any atom is -0.478 e. The van der Waals surface area contributed by atoms with Gasteiger partial charge in [0.2, 0.25) is 5.91 Å². The molecule has 0 rings (SSSR count). The summed E-state index contributed by atoms with van der Waals surface area (Å²) in [5.74, 6) is -1.38. The van der Waals surface area contributed by atoms with Gasteiger partial charge in [-0.15, -0.1) is 0 Å². The molecule has 0 bridgehead atoms. The number of nitrogens with one attached hydrogen (secondary N) is 1. The second kappa shape index (κ2) is 5.94. The third-order valence-electron chi connectivity index (χ3n) is 2.45. The molecule has 0 heterocycles. The summed E-state index contributed by atoms with van der Waals surface area (Å²) in [7, 11) is 0. The number of rotatable bonds is 5. The molecule has 0 aromatic rings. The van der Waals surface area contributed by atoms with Crippen molar-refractivity contribution in [1.82, 2.24) is 5.32 Å². The van der Waals surface area contributed by atoms with Crippen LogP contribution in [0.15, 0.2) is 11.1 Å². The zero-order valence-corrected chi connectivity index (χ0v) is 11.2. The van der Waals surface area contributed by atoms with Crippen LogP contribution in [0.4, 0.5) is 0 Å². The van der Waals surface area contributed by atoms with Gasteiger partial charge >= 0.3 is 5.97 Å². The Morgan fingerprint density at radius 2 is 1.75 bits per heavy atom. The van der Waals surface area contributed by atoms with Crippen LogP contribution in [0.2, 0.25) is 0 Å². The number of hydrogen-bond donors (Lipinski definition) is 2. The number of aliphatic carboxylic acids is 1. The predicted molar refractivity (Wildman–Crippen MR) is 66.6 cm³/mol. The fourth-order valence-electron chi connectivity index (χ4n) is 0.829. The Morgan fingerprint density at radius 1 is 1.25 bits per heavy atom. The molecule has 92 valence electrons. The van der Waals surface area contributed by atoms with Crippen LogP contribution in [-0.2, 0) is 9.59 Å². The topological polar surface area (TPSA) is 66.4 Å². The quantitative estimate of drug-likeness (QED) is 0.723. The van der Waals surface area contributed by atoms with Gasteiger partial charge in [-0.25, -0.2) is 4.79 Å². The molecule has 1 amide bonds. The Balaban J connectivity index is 4.50. The van der Waals surface area contributed by atoms with Crippen molar-refractivity contribution in [3.05, 3.63) is 11.1 Å². The number of carboxylic acids is 1. The molecule has 0 unspecified atom stereocenters. The highest BCUT2D eigenvalue weighted by molar-refractivity contribution is 7.99. The molecule has 5 heteroatoms. The number of carbonyl (C=O) groups is 2. The third-order valence-corrected chi connectivity index (χ3v) is 3.70. The van der Waals surface area contributed by atoms with Crippen LogP contribution in [0.1, 0.15) is 27.7 Å². The summed E-state index contributed by atoms with van der Waals surface area (Å²) in [5, 5.41) is 11.5. The van der Waals surface area contributed by atoms with Gasteiger partial charge in [-0.2, -0.15) is 11.8 Å². The van der Waals surface area contributed by atoms with E-state index < -0.39 is 5.97 Å². The molecule has 0 aliphatic rings. The van der Waals surface area contributed by atoms with Crippen molar-refractivity contribution in [3.8, 4) is 0 Å². The van der Waals surface area contributed by atoms with E-state index in [9.17, 15) is 9.59 Å². The maximum absolute atomic E-state index is 11.6. The van der Waals surface area contributed by atoms with E-state index in [0.29, 0.717) is 6.54 Å². The van der Waals surface area contributed by atoms with Crippen LogP contribution in [0.25, 0.3) is 0 Å². The number of thioether (sulfide) groups is 1. The fourth-order valence-corrected chi connectivity index (χ4v) is 1.05. The number of hydrogen-bond acceptors (Lipinski definition) is 3. The van der Waals surface area contributed by atoms with Gasteiger partial charge < -0.3 is 10.4 Å².